The normalized spacial score (nSPS) is 13.4. The van der Waals surface area contributed by atoms with Crippen LogP contribution in [0.5, 0.6) is 0 Å². The van der Waals surface area contributed by atoms with E-state index in [0.717, 1.165) is 39.5 Å². The van der Waals surface area contributed by atoms with Gasteiger partial charge in [-0.1, -0.05) is 28.1 Å². The van der Waals surface area contributed by atoms with Crippen LogP contribution in [0, 0.1) is 0 Å². The van der Waals surface area contributed by atoms with E-state index in [1.807, 2.05) is 24.3 Å². The largest absolute Gasteiger partial charge is 0.271 e. The molecular weight excluding hydrogens is 488 g/mol. The smallest absolute Gasteiger partial charge is 0.268 e. The van der Waals surface area contributed by atoms with Gasteiger partial charge in [-0.15, -0.1) is 11.3 Å². The maximum absolute atomic E-state index is 13.2. The van der Waals surface area contributed by atoms with Gasteiger partial charge in [-0.25, -0.2) is 10.4 Å². The van der Waals surface area contributed by atoms with Gasteiger partial charge in [0.1, 0.15) is 11.2 Å². The summed E-state index contributed by atoms with van der Waals surface area (Å²) >= 11 is 5.02. The number of aromatic nitrogens is 2. The van der Waals surface area contributed by atoms with Crippen molar-refractivity contribution in [3.05, 3.63) is 91.3 Å². The van der Waals surface area contributed by atoms with E-state index >= 15 is 0 Å². The number of carbonyl (C=O) groups is 1. The number of nitrogens with one attached hydrogen (secondary N) is 1. The molecular formula is C24H19BrN4O2S. The van der Waals surface area contributed by atoms with Gasteiger partial charge in [-0.2, -0.15) is 5.10 Å². The summed E-state index contributed by atoms with van der Waals surface area (Å²) in [4.78, 5) is 32.2. The second-order valence-electron chi connectivity index (χ2n) is 7.61. The number of carbonyl (C=O) groups excluding carboxylic acids is 1. The lowest BCUT2D eigenvalue weighted by molar-refractivity contribution is 0.0955. The maximum Gasteiger partial charge on any atom is 0.271 e. The van der Waals surface area contributed by atoms with Gasteiger partial charge in [0.25, 0.3) is 11.5 Å². The van der Waals surface area contributed by atoms with Crippen molar-refractivity contribution in [2.45, 2.75) is 25.7 Å². The van der Waals surface area contributed by atoms with Gasteiger partial charge in [-0.3, -0.25) is 14.2 Å². The molecule has 0 fully saturated rings. The fourth-order valence-electron chi connectivity index (χ4n) is 3.88. The zero-order valence-electron chi connectivity index (χ0n) is 17.0. The highest BCUT2D eigenvalue weighted by atomic mass is 79.9. The van der Waals surface area contributed by atoms with Crippen LogP contribution in [0.25, 0.3) is 15.9 Å². The number of aryl methyl sites for hydroxylation is 2. The van der Waals surface area contributed by atoms with E-state index in [2.05, 4.69) is 31.4 Å². The number of benzene rings is 2. The van der Waals surface area contributed by atoms with Crippen LogP contribution >= 0.6 is 27.3 Å². The summed E-state index contributed by atoms with van der Waals surface area (Å²) in [5.74, 6) is -0.322. The molecule has 5 rings (SSSR count). The Morgan fingerprint density at radius 3 is 2.62 bits per heavy atom. The Kier molecular flexibility index (Phi) is 5.71. The average Bonchev–Trinajstić information content (AvgIpc) is 3.20. The molecule has 2 heterocycles. The molecule has 2 aromatic heterocycles. The summed E-state index contributed by atoms with van der Waals surface area (Å²) in [6, 6.07) is 14.5. The third kappa shape index (κ3) is 4.03. The first-order valence-electron chi connectivity index (χ1n) is 10.3. The number of amides is 1. The van der Waals surface area contributed by atoms with Gasteiger partial charge >= 0.3 is 0 Å². The van der Waals surface area contributed by atoms with Crippen LogP contribution in [0.4, 0.5) is 0 Å². The topological polar surface area (TPSA) is 76.3 Å². The van der Waals surface area contributed by atoms with Crippen molar-refractivity contribution in [1.82, 2.24) is 15.0 Å². The van der Waals surface area contributed by atoms with Crippen molar-refractivity contribution in [3.8, 4) is 5.69 Å². The van der Waals surface area contributed by atoms with Gasteiger partial charge in [-0.05, 0) is 73.2 Å². The Balaban J connectivity index is 1.36. The number of nitrogens with zero attached hydrogens (tertiary/aromatic N) is 3. The van der Waals surface area contributed by atoms with Crippen LogP contribution in [0.2, 0.25) is 0 Å². The Morgan fingerprint density at radius 1 is 1.09 bits per heavy atom. The van der Waals surface area contributed by atoms with E-state index in [1.54, 1.807) is 52.7 Å². The highest BCUT2D eigenvalue weighted by molar-refractivity contribution is 9.10. The highest BCUT2D eigenvalue weighted by Gasteiger charge is 2.20. The first-order chi connectivity index (χ1) is 15.6. The maximum atomic E-state index is 13.2. The number of hydrazone groups is 1. The van der Waals surface area contributed by atoms with Crippen LogP contribution in [-0.2, 0) is 12.8 Å². The number of hydrogen-bond acceptors (Lipinski definition) is 5. The zero-order chi connectivity index (χ0) is 22.1. The summed E-state index contributed by atoms with van der Waals surface area (Å²) in [6.45, 7) is 0. The molecule has 4 aromatic rings. The molecule has 0 aliphatic heterocycles. The van der Waals surface area contributed by atoms with E-state index < -0.39 is 0 Å². The predicted octanol–water partition coefficient (Wildman–Crippen LogP) is 4.85. The van der Waals surface area contributed by atoms with E-state index in [1.165, 1.54) is 16.9 Å². The van der Waals surface area contributed by atoms with Crippen molar-refractivity contribution < 1.29 is 4.79 Å². The quantitative estimate of drug-likeness (QED) is 0.317. The molecule has 6 nitrogen and oxygen atoms in total. The minimum atomic E-state index is -0.322. The molecule has 1 amide bonds. The number of thiophene rings is 1. The molecule has 0 saturated carbocycles. The number of rotatable bonds is 4. The van der Waals surface area contributed by atoms with Crippen molar-refractivity contribution in [2.24, 2.45) is 5.10 Å². The molecule has 8 heteroatoms. The molecule has 0 radical (unpaired) electrons. The van der Waals surface area contributed by atoms with E-state index in [4.69, 9.17) is 0 Å². The monoisotopic (exact) mass is 506 g/mol. The van der Waals surface area contributed by atoms with Gasteiger partial charge in [0.2, 0.25) is 0 Å². The van der Waals surface area contributed by atoms with Crippen molar-refractivity contribution in [3.63, 3.8) is 0 Å². The molecule has 1 N–H and O–H groups in total. The molecule has 0 unspecified atom stereocenters. The second-order valence-corrected chi connectivity index (χ2v) is 9.61. The third-order valence-corrected chi connectivity index (χ3v) is 7.26. The Labute approximate surface area is 196 Å². The predicted molar refractivity (Wildman–Crippen MR) is 131 cm³/mol. The Morgan fingerprint density at radius 2 is 1.84 bits per heavy atom. The number of halogens is 1. The molecule has 2 aromatic carbocycles. The summed E-state index contributed by atoms with van der Waals surface area (Å²) in [5.41, 5.74) is 5.65. The minimum Gasteiger partial charge on any atom is -0.268 e. The molecule has 0 bridgehead atoms. The number of fused-ring (bicyclic) bond motifs is 3. The van der Waals surface area contributed by atoms with Gasteiger partial charge in [0, 0.05) is 14.9 Å². The average molecular weight is 507 g/mol. The van der Waals surface area contributed by atoms with Crippen molar-refractivity contribution in [1.29, 1.82) is 0 Å². The van der Waals surface area contributed by atoms with Crippen LogP contribution in [0.1, 0.15) is 39.2 Å². The number of hydrogen-bond donors (Lipinski definition) is 1. The summed E-state index contributed by atoms with van der Waals surface area (Å²) in [5, 5.41) is 4.75. The molecule has 1 aliphatic rings. The molecule has 160 valence electrons. The lowest BCUT2D eigenvalue weighted by Crippen LogP contribution is -2.20. The first kappa shape index (κ1) is 20.8. The molecule has 32 heavy (non-hydrogen) atoms. The Hall–Kier alpha value is -3.10. The van der Waals surface area contributed by atoms with Crippen LogP contribution in [-0.4, -0.2) is 21.7 Å². The summed E-state index contributed by atoms with van der Waals surface area (Å²) in [7, 11) is 0. The van der Waals surface area contributed by atoms with E-state index in [0.29, 0.717) is 11.3 Å². The van der Waals surface area contributed by atoms with Gasteiger partial charge in [0.15, 0.2) is 0 Å². The van der Waals surface area contributed by atoms with Crippen LogP contribution < -0.4 is 11.0 Å². The summed E-state index contributed by atoms with van der Waals surface area (Å²) in [6.07, 6.45) is 7.41. The Bertz CT molecular complexity index is 1390. The van der Waals surface area contributed by atoms with Crippen LogP contribution in [0.15, 0.2) is 69.2 Å². The minimum absolute atomic E-state index is 0.0503. The third-order valence-electron chi connectivity index (χ3n) is 5.53. The molecule has 0 spiro atoms. The van der Waals surface area contributed by atoms with Crippen molar-refractivity contribution in [2.75, 3.05) is 0 Å². The molecule has 1 aliphatic carbocycles. The van der Waals surface area contributed by atoms with Gasteiger partial charge < -0.3 is 0 Å². The highest BCUT2D eigenvalue weighted by Crippen LogP contribution is 2.33. The van der Waals surface area contributed by atoms with Crippen LogP contribution in [0.3, 0.4) is 0 Å². The van der Waals surface area contributed by atoms with Crippen molar-refractivity contribution >= 4 is 49.6 Å². The molecule has 0 saturated heterocycles. The zero-order valence-corrected chi connectivity index (χ0v) is 19.4. The lowest BCUT2D eigenvalue weighted by Gasteiger charge is -2.10. The van der Waals surface area contributed by atoms with E-state index in [9.17, 15) is 9.59 Å². The first-order valence-corrected chi connectivity index (χ1v) is 11.9. The fraction of sp³-hybridized carbons (Fsp3) is 0.167. The van der Waals surface area contributed by atoms with Gasteiger partial charge in [0.05, 0.1) is 17.3 Å². The molecule has 0 atom stereocenters. The SMILES string of the molecule is O=C(N/N=C\c1ccc(Br)cc1)c1ccc(-n2cnc3sc4c(c3c2=O)CCCC4)cc1. The fourth-order valence-corrected chi connectivity index (χ4v) is 5.37. The second kappa shape index (κ2) is 8.80. The van der Waals surface area contributed by atoms with E-state index in [-0.39, 0.29) is 11.5 Å². The summed E-state index contributed by atoms with van der Waals surface area (Å²) < 4.78 is 2.53. The lowest BCUT2D eigenvalue weighted by atomic mass is 9.97. The standard InChI is InChI=1S/C24H19BrN4O2S/c25-17-9-5-15(6-10-17)13-27-28-22(30)16-7-11-18(12-8-16)29-14-26-23-21(24(29)31)19-3-1-2-4-20(19)32-23/h5-14H,1-4H2,(H,28,30)/b27-13-.